The van der Waals surface area contributed by atoms with Gasteiger partial charge in [0.2, 0.25) is 5.89 Å². The molecule has 1 aliphatic carbocycles. The molecule has 0 fully saturated rings. The van der Waals surface area contributed by atoms with E-state index in [9.17, 15) is 9.59 Å². The van der Waals surface area contributed by atoms with Crippen LogP contribution in [0, 0.1) is 0 Å². The van der Waals surface area contributed by atoms with E-state index >= 15 is 0 Å². The first kappa shape index (κ1) is 22.3. The van der Waals surface area contributed by atoms with Gasteiger partial charge in [0.05, 0.1) is 21.3 Å². The maximum Gasteiger partial charge on any atom is 0.221 e. The van der Waals surface area contributed by atoms with Gasteiger partial charge in [-0.2, -0.15) is 4.98 Å². The van der Waals surface area contributed by atoms with Gasteiger partial charge in [-0.15, -0.1) is 0 Å². The minimum Gasteiger partial charge on any atom is -0.435 e. The molecule has 0 saturated heterocycles. The van der Waals surface area contributed by atoms with Crippen LogP contribution in [0.5, 0.6) is 0 Å². The molecule has 0 aliphatic heterocycles. The number of oxazole rings is 1. The van der Waals surface area contributed by atoms with Crippen molar-refractivity contribution in [2.75, 3.05) is 0 Å². The number of hydrogen-bond acceptors (Lipinski definition) is 4. The summed E-state index contributed by atoms with van der Waals surface area (Å²) >= 11 is 12.2. The minimum atomic E-state index is -0.398. The van der Waals surface area contributed by atoms with Crippen molar-refractivity contribution in [3.8, 4) is 5.69 Å². The number of para-hydroxylation sites is 1. The molecular formula is C29H16Cl2N2O3. The van der Waals surface area contributed by atoms with Crippen molar-refractivity contribution in [1.29, 1.82) is 0 Å². The smallest absolute Gasteiger partial charge is 0.221 e. The lowest BCUT2D eigenvalue weighted by atomic mass is 10.1. The van der Waals surface area contributed by atoms with E-state index in [4.69, 9.17) is 27.6 Å². The Morgan fingerprint density at radius 2 is 1.39 bits per heavy atom. The highest BCUT2D eigenvalue weighted by molar-refractivity contribution is 6.46. The average molecular weight is 511 g/mol. The van der Waals surface area contributed by atoms with Gasteiger partial charge in [0.15, 0.2) is 22.8 Å². The third-order valence-electron chi connectivity index (χ3n) is 5.96. The zero-order valence-electron chi connectivity index (χ0n) is 18.6. The van der Waals surface area contributed by atoms with E-state index in [-0.39, 0.29) is 26.7 Å². The summed E-state index contributed by atoms with van der Waals surface area (Å²) in [6.45, 7) is 0. The zero-order valence-corrected chi connectivity index (χ0v) is 20.1. The molecule has 2 aromatic heterocycles. The van der Waals surface area contributed by atoms with Crippen LogP contribution in [0.1, 0.15) is 37.9 Å². The van der Waals surface area contributed by atoms with E-state index in [0.717, 1.165) is 11.3 Å². The molecule has 0 bridgehead atoms. The molecule has 7 heteroatoms. The molecule has 1 aliphatic rings. The number of nitrogens with zero attached hydrogens (tertiary/aromatic N) is 2. The monoisotopic (exact) mass is 510 g/mol. The van der Waals surface area contributed by atoms with Crippen LogP contribution in [0.25, 0.3) is 35.1 Å². The maximum atomic E-state index is 13.1. The van der Waals surface area contributed by atoms with Gasteiger partial charge in [-0.25, -0.2) is 0 Å². The SMILES string of the molecule is O=C1C(=Cc2cc3oc(/C=C/c4ccccc4)nc3n2-c2ccccc2)C(=O)c2cc(Cl)c(Cl)cc21. The number of carbonyl (C=O) groups excluding carboxylic acids is 2. The fourth-order valence-electron chi connectivity index (χ4n) is 4.27. The van der Waals surface area contributed by atoms with Crippen molar-refractivity contribution in [3.63, 3.8) is 0 Å². The maximum absolute atomic E-state index is 13.1. The van der Waals surface area contributed by atoms with Crippen molar-refractivity contribution in [2.45, 2.75) is 0 Å². The Morgan fingerprint density at radius 1 is 0.778 bits per heavy atom. The fraction of sp³-hybridized carbons (Fsp3) is 0. The van der Waals surface area contributed by atoms with Crippen molar-refractivity contribution < 1.29 is 14.0 Å². The average Bonchev–Trinajstić information content (AvgIpc) is 3.50. The zero-order chi connectivity index (χ0) is 24.8. The van der Waals surface area contributed by atoms with Crippen molar-refractivity contribution in [1.82, 2.24) is 9.55 Å². The first-order valence-electron chi connectivity index (χ1n) is 11.1. The summed E-state index contributed by atoms with van der Waals surface area (Å²) in [5, 5.41) is 0.451. The number of rotatable bonds is 4. The van der Waals surface area contributed by atoms with E-state index < -0.39 is 11.6 Å². The van der Waals surface area contributed by atoms with Crippen LogP contribution in [-0.2, 0) is 0 Å². The first-order chi connectivity index (χ1) is 17.5. The fourth-order valence-corrected chi connectivity index (χ4v) is 4.60. The highest BCUT2D eigenvalue weighted by Gasteiger charge is 2.34. The van der Waals surface area contributed by atoms with Crippen LogP contribution in [0.3, 0.4) is 0 Å². The molecule has 0 amide bonds. The summed E-state index contributed by atoms with van der Waals surface area (Å²) < 4.78 is 7.85. The number of fused-ring (bicyclic) bond motifs is 2. The summed E-state index contributed by atoms with van der Waals surface area (Å²) in [6.07, 6.45) is 5.29. The molecule has 2 heterocycles. The Kier molecular flexibility index (Phi) is 5.44. The van der Waals surface area contributed by atoms with Crippen LogP contribution in [0.4, 0.5) is 0 Å². The van der Waals surface area contributed by atoms with Gasteiger partial charge in [-0.3, -0.25) is 14.2 Å². The highest BCUT2D eigenvalue weighted by Crippen LogP contribution is 2.35. The molecule has 174 valence electrons. The molecule has 0 N–H and O–H groups in total. The molecule has 6 rings (SSSR count). The van der Waals surface area contributed by atoms with Crippen molar-refractivity contribution in [3.05, 3.63) is 123 Å². The van der Waals surface area contributed by atoms with Crippen LogP contribution >= 0.6 is 23.2 Å². The van der Waals surface area contributed by atoms with Crippen LogP contribution in [0.15, 0.2) is 88.9 Å². The standard InChI is InChI=1S/C29H16Cl2N2O3/c30-23-15-20-21(16-24(23)31)28(35)22(27(20)34)13-19-14-25-29(33(19)18-9-5-2-6-10-18)32-26(36-25)12-11-17-7-3-1-4-8-17/h1-16H/b12-11+. The minimum absolute atomic E-state index is 0.0323. The second-order valence-corrected chi connectivity index (χ2v) is 9.07. The normalized spacial score (nSPS) is 13.2. The number of benzene rings is 3. The molecule has 0 radical (unpaired) electrons. The number of ketones is 2. The highest BCUT2D eigenvalue weighted by atomic mass is 35.5. The van der Waals surface area contributed by atoms with Gasteiger partial charge >= 0.3 is 0 Å². The summed E-state index contributed by atoms with van der Waals surface area (Å²) in [4.78, 5) is 30.9. The number of carbonyl (C=O) groups is 2. The molecule has 5 nitrogen and oxygen atoms in total. The van der Waals surface area contributed by atoms with Gasteiger partial charge in [0.25, 0.3) is 0 Å². The Morgan fingerprint density at radius 3 is 2.03 bits per heavy atom. The van der Waals surface area contributed by atoms with E-state index in [0.29, 0.717) is 22.8 Å². The number of aromatic nitrogens is 2. The van der Waals surface area contributed by atoms with Gasteiger partial charge in [-0.1, -0.05) is 71.7 Å². The third-order valence-corrected chi connectivity index (χ3v) is 6.69. The Bertz CT molecular complexity index is 1690. The number of Topliss-reactive ketones (excluding diaryl/α,β-unsaturated/α-hetero) is 2. The molecule has 5 aromatic rings. The van der Waals surface area contributed by atoms with Gasteiger partial charge in [0, 0.05) is 29.0 Å². The summed E-state index contributed by atoms with van der Waals surface area (Å²) in [7, 11) is 0. The van der Waals surface area contributed by atoms with Gasteiger partial charge < -0.3 is 4.42 Å². The van der Waals surface area contributed by atoms with Crippen LogP contribution < -0.4 is 0 Å². The summed E-state index contributed by atoms with van der Waals surface area (Å²) in [6, 6.07) is 24.1. The van der Waals surface area contributed by atoms with E-state index in [1.54, 1.807) is 18.2 Å². The predicted molar refractivity (Wildman–Crippen MR) is 142 cm³/mol. The largest absolute Gasteiger partial charge is 0.435 e. The molecule has 0 spiro atoms. The van der Waals surface area contributed by atoms with E-state index in [1.807, 2.05) is 71.3 Å². The molecule has 0 atom stereocenters. The predicted octanol–water partition coefficient (Wildman–Crippen LogP) is 7.56. The second kappa shape index (κ2) is 8.79. The summed E-state index contributed by atoms with van der Waals surface area (Å²) in [5.74, 6) is -0.353. The Hall–Kier alpha value is -4.19. The summed E-state index contributed by atoms with van der Waals surface area (Å²) in [5.41, 5.74) is 4.04. The lowest BCUT2D eigenvalue weighted by Crippen LogP contribution is -2.03. The van der Waals surface area contributed by atoms with Crippen LogP contribution in [0.2, 0.25) is 10.0 Å². The van der Waals surface area contributed by atoms with Crippen molar-refractivity contribution >= 4 is 64.2 Å². The van der Waals surface area contributed by atoms with Gasteiger partial charge in [0.1, 0.15) is 0 Å². The Labute approximate surface area is 215 Å². The molecule has 0 saturated carbocycles. The van der Waals surface area contributed by atoms with Gasteiger partial charge in [-0.05, 0) is 42.0 Å². The molecular weight excluding hydrogens is 495 g/mol. The lowest BCUT2D eigenvalue weighted by Gasteiger charge is -2.07. The number of allylic oxidation sites excluding steroid dienone is 1. The number of halogens is 2. The quantitative estimate of drug-likeness (QED) is 0.185. The second-order valence-electron chi connectivity index (χ2n) is 8.25. The lowest BCUT2D eigenvalue weighted by molar-refractivity contribution is 0.0990. The first-order valence-corrected chi connectivity index (χ1v) is 11.9. The number of hydrogen-bond donors (Lipinski definition) is 0. The van der Waals surface area contributed by atoms with E-state index in [2.05, 4.69) is 4.98 Å². The topological polar surface area (TPSA) is 65.1 Å². The molecule has 3 aromatic carbocycles. The van der Waals surface area contributed by atoms with E-state index in [1.165, 1.54) is 12.1 Å². The molecule has 36 heavy (non-hydrogen) atoms. The van der Waals surface area contributed by atoms with Crippen molar-refractivity contribution in [2.24, 2.45) is 0 Å². The molecule has 0 unspecified atom stereocenters. The third kappa shape index (κ3) is 3.79. The Balaban J connectivity index is 1.47. The van der Waals surface area contributed by atoms with Crippen LogP contribution in [-0.4, -0.2) is 21.1 Å².